The van der Waals surface area contributed by atoms with Gasteiger partial charge in [0.15, 0.2) is 17.5 Å². The molecule has 0 aliphatic carbocycles. The summed E-state index contributed by atoms with van der Waals surface area (Å²) in [7, 11) is 6.97. The van der Waals surface area contributed by atoms with E-state index in [-0.39, 0.29) is 12.5 Å². The van der Waals surface area contributed by atoms with Crippen LogP contribution in [0.5, 0.6) is 11.5 Å². The number of likely N-dealkylation sites (N-methyl/N-ethyl adjacent to an activating group) is 1. The zero-order valence-electron chi connectivity index (χ0n) is 18.9. The number of carbonyl (C=O) groups excluding carboxylic acids is 1. The Bertz CT molecular complexity index is 929. The van der Waals surface area contributed by atoms with E-state index in [2.05, 4.69) is 16.4 Å². The number of fused-ring (bicyclic) bond motifs is 1. The monoisotopic (exact) mass is 424 g/mol. The molecule has 2 aromatic carbocycles. The molecule has 0 bridgehead atoms. The fourth-order valence-electron chi connectivity index (χ4n) is 3.87. The number of aryl methyl sites for hydroxylation is 1. The molecular formula is C24H32N4O3. The van der Waals surface area contributed by atoms with E-state index < -0.39 is 0 Å². The number of nitrogens with one attached hydrogen (secondary N) is 1. The number of rotatable bonds is 7. The molecule has 1 N–H and O–H groups in total. The minimum Gasteiger partial charge on any atom is -0.493 e. The molecule has 1 heterocycles. The van der Waals surface area contributed by atoms with Crippen molar-refractivity contribution in [3.8, 4) is 11.5 Å². The minimum atomic E-state index is 0.0570. The summed E-state index contributed by atoms with van der Waals surface area (Å²) in [5.74, 6) is 2.19. The molecular weight excluding hydrogens is 392 g/mol. The Morgan fingerprint density at radius 1 is 1.16 bits per heavy atom. The van der Waals surface area contributed by atoms with Crippen molar-refractivity contribution in [2.45, 2.75) is 19.3 Å². The second kappa shape index (κ2) is 10.7. The molecule has 0 atom stereocenters. The quantitative estimate of drug-likeness (QED) is 0.547. The van der Waals surface area contributed by atoms with Crippen LogP contribution in [0, 0.1) is 0 Å². The first-order valence-corrected chi connectivity index (χ1v) is 10.6. The number of benzene rings is 2. The van der Waals surface area contributed by atoms with Crippen LogP contribution in [-0.2, 0) is 17.6 Å². The van der Waals surface area contributed by atoms with Crippen LogP contribution in [0.4, 0.5) is 5.69 Å². The maximum atomic E-state index is 12.9. The van der Waals surface area contributed by atoms with Gasteiger partial charge in [-0.15, -0.1) is 0 Å². The number of ether oxygens (including phenoxy) is 2. The Kier molecular flexibility index (Phi) is 7.76. The number of aliphatic imine (C=N–C) groups is 1. The highest BCUT2D eigenvalue weighted by atomic mass is 16.5. The number of hydrogen-bond acceptors (Lipinski definition) is 4. The predicted octanol–water partition coefficient (Wildman–Crippen LogP) is 2.73. The van der Waals surface area contributed by atoms with E-state index in [1.165, 1.54) is 5.56 Å². The number of anilines is 1. The van der Waals surface area contributed by atoms with Gasteiger partial charge in [-0.1, -0.05) is 24.3 Å². The Balaban J connectivity index is 1.55. The van der Waals surface area contributed by atoms with E-state index in [0.29, 0.717) is 5.96 Å². The van der Waals surface area contributed by atoms with Gasteiger partial charge in [0.1, 0.15) is 0 Å². The van der Waals surface area contributed by atoms with Gasteiger partial charge in [0.25, 0.3) is 0 Å². The average Bonchev–Trinajstić information content (AvgIpc) is 2.82. The lowest BCUT2D eigenvalue weighted by Crippen LogP contribution is -2.46. The van der Waals surface area contributed by atoms with E-state index in [9.17, 15) is 4.79 Å². The largest absolute Gasteiger partial charge is 0.493 e. The smallest absolute Gasteiger partial charge is 0.246 e. The third kappa shape index (κ3) is 5.48. The number of hydrogen-bond donors (Lipinski definition) is 1. The number of amides is 1. The van der Waals surface area contributed by atoms with Crippen molar-refractivity contribution in [1.82, 2.24) is 10.2 Å². The van der Waals surface area contributed by atoms with Crippen LogP contribution < -0.4 is 19.7 Å². The van der Waals surface area contributed by atoms with Gasteiger partial charge in [-0.05, 0) is 48.6 Å². The van der Waals surface area contributed by atoms with Crippen molar-refractivity contribution in [3.05, 3.63) is 53.6 Å². The van der Waals surface area contributed by atoms with Crippen LogP contribution in [0.3, 0.4) is 0 Å². The highest BCUT2D eigenvalue weighted by molar-refractivity contribution is 5.98. The number of carbonyl (C=O) groups is 1. The number of guanidine groups is 1. The number of para-hydroxylation sites is 1. The fraction of sp³-hybridized carbons (Fsp3) is 0.417. The van der Waals surface area contributed by atoms with Crippen molar-refractivity contribution in [1.29, 1.82) is 0 Å². The van der Waals surface area contributed by atoms with Crippen LogP contribution in [0.15, 0.2) is 47.5 Å². The molecule has 7 heteroatoms. The van der Waals surface area contributed by atoms with Crippen molar-refractivity contribution >= 4 is 17.6 Å². The molecule has 1 aliphatic heterocycles. The van der Waals surface area contributed by atoms with Crippen molar-refractivity contribution in [3.63, 3.8) is 0 Å². The second-order valence-corrected chi connectivity index (χ2v) is 7.54. The molecule has 2 aromatic rings. The van der Waals surface area contributed by atoms with Crippen molar-refractivity contribution in [2.24, 2.45) is 4.99 Å². The first-order chi connectivity index (χ1) is 15.1. The molecule has 1 aliphatic rings. The Morgan fingerprint density at radius 2 is 1.94 bits per heavy atom. The lowest BCUT2D eigenvalue weighted by atomic mass is 10.0. The molecule has 1 amide bonds. The molecule has 0 unspecified atom stereocenters. The zero-order chi connectivity index (χ0) is 22.2. The first kappa shape index (κ1) is 22.5. The van der Waals surface area contributed by atoms with Gasteiger partial charge in [-0.2, -0.15) is 0 Å². The van der Waals surface area contributed by atoms with Crippen LogP contribution in [0.1, 0.15) is 17.5 Å². The third-order valence-electron chi connectivity index (χ3n) is 5.57. The van der Waals surface area contributed by atoms with Crippen LogP contribution >= 0.6 is 0 Å². The van der Waals surface area contributed by atoms with Gasteiger partial charge in [-0.3, -0.25) is 9.79 Å². The van der Waals surface area contributed by atoms with Gasteiger partial charge < -0.3 is 24.6 Å². The van der Waals surface area contributed by atoms with Gasteiger partial charge in [0, 0.05) is 32.9 Å². The normalized spacial score (nSPS) is 13.4. The molecule has 7 nitrogen and oxygen atoms in total. The summed E-state index contributed by atoms with van der Waals surface area (Å²) in [6, 6.07) is 14.1. The lowest BCUT2D eigenvalue weighted by molar-refractivity contribution is -0.117. The zero-order valence-corrected chi connectivity index (χ0v) is 18.9. The van der Waals surface area contributed by atoms with Crippen molar-refractivity contribution in [2.75, 3.05) is 52.8 Å². The van der Waals surface area contributed by atoms with Gasteiger partial charge in [0.05, 0.1) is 20.8 Å². The maximum Gasteiger partial charge on any atom is 0.246 e. The first-order valence-electron chi connectivity index (χ1n) is 10.6. The lowest BCUT2D eigenvalue weighted by Gasteiger charge is -2.30. The minimum absolute atomic E-state index is 0.0570. The summed E-state index contributed by atoms with van der Waals surface area (Å²) in [6.07, 6.45) is 2.82. The Hall–Kier alpha value is -3.22. The molecule has 166 valence electrons. The summed E-state index contributed by atoms with van der Waals surface area (Å²) in [6.45, 7) is 1.71. The maximum absolute atomic E-state index is 12.9. The van der Waals surface area contributed by atoms with Gasteiger partial charge >= 0.3 is 0 Å². The molecule has 31 heavy (non-hydrogen) atoms. The Labute approximate surface area is 184 Å². The van der Waals surface area contributed by atoms with Crippen LogP contribution in [0.2, 0.25) is 0 Å². The Morgan fingerprint density at radius 3 is 2.68 bits per heavy atom. The van der Waals surface area contributed by atoms with E-state index in [0.717, 1.165) is 55.1 Å². The third-order valence-corrected chi connectivity index (χ3v) is 5.57. The standard InChI is InChI=1S/C24H32N4O3/c1-25-24(27(2)15-13-18-11-12-21(30-3)22(16-18)31-4)26-17-23(29)28-14-7-9-19-8-5-6-10-20(19)28/h5-6,8,10-12,16H,7,9,13-15,17H2,1-4H3,(H,25,26). The molecule has 0 saturated heterocycles. The summed E-state index contributed by atoms with van der Waals surface area (Å²) >= 11 is 0. The van der Waals surface area contributed by atoms with Crippen molar-refractivity contribution < 1.29 is 14.3 Å². The van der Waals surface area contributed by atoms with Gasteiger partial charge in [-0.25, -0.2) is 0 Å². The van der Waals surface area contributed by atoms with E-state index >= 15 is 0 Å². The second-order valence-electron chi connectivity index (χ2n) is 7.54. The SMILES string of the molecule is CN=C(NCC(=O)N1CCCc2ccccc21)N(C)CCc1ccc(OC)c(OC)c1. The highest BCUT2D eigenvalue weighted by Gasteiger charge is 2.22. The summed E-state index contributed by atoms with van der Waals surface area (Å²) < 4.78 is 10.7. The molecule has 0 fully saturated rings. The summed E-state index contributed by atoms with van der Waals surface area (Å²) in [5, 5.41) is 3.21. The fourth-order valence-corrected chi connectivity index (χ4v) is 3.87. The molecule has 0 saturated carbocycles. The average molecular weight is 425 g/mol. The molecule has 0 radical (unpaired) electrons. The molecule has 0 aromatic heterocycles. The highest BCUT2D eigenvalue weighted by Crippen LogP contribution is 2.28. The van der Waals surface area contributed by atoms with E-state index in [1.807, 2.05) is 53.2 Å². The summed E-state index contributed by atoms with van der Waals surface area (Å²) in [4.78, 5) is 21.1. The van der Waals surface area contributed by atoms with Crippen LogP contribution in [-0.4, -0.2) is 64.7 Å². The van der Waals surface area contributed by atoms with Gasteiger partial charge in [0.2, 0.25) is 5.91 Å². The predicted molar refractivity (Wildman–Crippen MR) is 124 cm³/mol. The van der Waals surface area contributed by atoms with Crippen LogP contribution in [0.25, 0.3) is 0 Å². The van der Waals surface area contributed by atoms with E-state index in [4.69, 9.17) is 9.47 Å². The topological polar surface area (TPSA) is 66.4 Å². The van der Waals surface area contributed by atoms with E-state index in [1.54, 1.807) is 21.3 Å². The summed E-state index contributed by atoms with van der Waals surface area (Å²) in [5.41, 5.74) is 3.40. The number of nitrogens with zero attached hydrogens (tertiary/aromatic N) is 3. The number of methoxy groups -OCH3 is 2. The molecule has 3 rings (SSSR count). The molecule has 0 spiro atoms.